The van der Waals surface area contributed by atoms with Gasteiger partial charge in [0, 0.05) is 10.7 Å². The van der Waals surface area contributed by atoms with Gasteiger partial charge >= 0.3 is 5.97 Å². The van der Waals surface area contributed by atoms with Gasteiger partial charge in [0.15, 0.2) is 18.2 Å². The van der Waals surface area contributed by atoms with Crippen LogP contribution in [0.1, 0.15) is 15.9 Å². The summed E-state index contributed by atoms with van der Waals surface area (Å²) in [4.78, 5) is 23.6. The van der Waals surface area contributed by atoms with Gasteiger partial charge in [-0.1, -0.05) is 23.2 Å². The van der Waals surface area contributed by atoms with Crippen LogP contribution in [0.4, 0.5) is 14.5 Å². The molecule has 24 heavy (non-hydrogen) atoms. The number of carbonyl (C=O) groups excluding carboxylic acids is 2. The molecule has 0 saturated carbocycles. The first kappa shape index (κ1) is 18.2. The Labute approximate surface area is 146 Å². The zero-order valence-electron chi connectivity index (χ0n) is 12.3. The first-order valence-electron chi connectivity index (χ1n) is 6.65. The van der Waals surface area contributed by atoms with Crippen LogP contribution >= 0.6 is 23.2 Å². The minimum absolute atomic E-state index is 0.312. The predicted molar refractivity (Wildman–Crippen MR) is 86.5 cm³/mol. The van der Waals surface area contributed by atoms with E-state index in [0.29, 0.717) is 22.8 Å². The maximum absolute atomic E-state index is 13.2. The van der Waals surface area contributed by atoms with E-state index in [1.165, 1.54) is 0 Å². The average molecular weight is 374 g/mol. The van der Waals surface area contributed by atoms with Gasteiger partial charge in [-0.2, -0.15) is 0 Å². The zero-order chi connectivity index (χ0) is 17.9. The first-order chi connectivity index (χ1) is 11.3. The second-order valence-electron chi connectivity index (χ2n) is 4.83. The Hall–Kier alpha value is -2.18. The van der Waals surface area contributed by atoms with Crippen molar-refractivity contribution in [2.24, 2.45) is 0 Å². The smallest absolute Gasteiger partial charge is 0.340 e. The predicted octanol–water partition coefficient (Wildman–Crippen LogP) is 4.38. The van der Waals surface area contributed by atoms with E-state index in [1.807, 2.05) is 0 Å². The molecule has 1 amide bonds. The highest BCUT2D eigenvalue weighted by molar-refractivity contribution is 6.33. The Morgan fingerprint density at radius 2 is 1.79 bits per heavy atom. The molecule has 0 aliphatic carbocycles. The van der Waals surface area contributed by atoms with Crippen LogP contribution in [0.5, 0.6) is 0 Å². The summed E-state index contributed by atoms with van der Waals surface area (Å²) in [5.74, 6) is -4.07. The highest BCUT2D eigenvalue weighted by atomic mass is 35.5. The molecule has 4 nitrogen and oxygen atoms in total. The Bertz CT molecular complexity index is 812. The molecule has 0 aromatic heterocycles. The third-order valence-electron chi connectivity index (χ3n) is 3.03. The van der Waals surface area contributed by atoms with Gasteiger partial charge in [-0.25, -0.2) is 13.6 Å². The molecule has 0 unspecified atom stereocenters. The Kier molecular flexibility index (Phi) is 5.75. The fourth-order valence-corrected chi connectivity index (χ4v) is 2.30. The quantitative estimate of drug-likeness (QED) is 0.639. The van der Waals surface area contributed by atoms with Crippen molar-refractivity contribution in [1.29, 1.82) is 0 Å². The van der Waals surface area contributed by atoms with E-state index >= 15 is 0 Å². The SMILES string of the molecule is Cc1cc(Cl)ccc1NC(=O)COC(=O)c1cc(F)c(F)cc1Cl. The molecule has 0 heterocycles. The second-order valence-corrected chi connectivity index (χ2v) is 5.67. The van der Waals surface area contributed by atoms with Crippen molar-refractivity contribution in [3.8, 4) is 0 Å². The number of esters is 1. The number of hydrogen-bond donors (Lipinski definition) is 1. The van der Waals surface area contributed by atoms with Crippen LogP contribution in [0.25, 0.3) is 0 Å². The zero-order valence-corrected chi connectivity index (χ0v) is 13.8. The highest BCUT2D eigenvalue weighted by Crippen LogP contribution is 2.21. The van der Waals surface area contributed by atoms with Crippen LogP contribution in [-0.2, 0) is 9.53 Å². The molecule has 0 bridgehead atoms. The molecule has 0 aliphatic rings. The lowest BCUT2D eigenvalue weighted by Gasteiger charge is -2.10. The van der Waals surface area contributed by atoms with Crippen LogP contribution in [-0.4, -0.2) is 18.5 Å². The normalized spacial score (nSPS) is 10.4. The van der Waals surface area contributed by atoms with Gasteiger partial charge in [0.05, 0.1) is 10.6 Å². The molecule has 2 aromatic carbocycles. The highest BCUT2D eigenvalue weighted by Gasteiger charge is 2.17. The number of nitrogens with one attached hydrogen (secondary N) is 1. The number of amides is 1. The van der Waals surface area contributed by atoms with Crippen molar-refractivity contribution in [2.75, 3.05) is 11.9 Å². The molecule has 0 radical (unpaired) electrons. The molecule has 0 saturated heterocycles. The summed E-state index contributed by atoms with van der Waals surface area (Å²) in [5, 5.41) is 2.74. The van der Waals surface area contributed by atoms with Crippen LogP contribution in [0.15, 0.2) is 30.3 Å². The van der Waals surface area contributed by atoms with Crippen molar-refractivity contribution >= 4 is 40.8 Å². The number of rotatable bonds is 4. The summed E-state index contributed by atoms with van der Waals surface area (Å²) in [7, 11) is 0. The Morgan fingerprint density at radius 1 is 1.12 bits per heavy atom. The molecular weight excluding hydrogens is 363 g/mol. The van der Waals surface area contributed by atoms with Crippen molar-refractivity contribution in [1.82, 2.24) is 0 Å². The van der Waals surface area contributed by atoms with E-state index in [0.717, 1.165) is 5.56 Å². The summed E-state index contributed by atoms with van der Waals surface area (Å²) in [6.45, 7) is 1.13. The lowest BCUT2D eigenvalue weighted by molar-refractivity contribution is -0.119. The summed E-state index contributed by atoms with van der Waals surface area (Å²) < 4.78 is 30.9. The van der Waals surface area contributed by atoms with Gasteiger partial charge in [-0.15, -0.1) is 0 Å². The summed E-state index contributed by atoms with van der Waals surface area (Å²) >= 11 is 11.5. The summed E-state index contributed by atoms with van der Waals surface area (Å²) in [5.41, 5.74) is 0.864. The van der Waals surface area contributed by atoms with E-state index in [1.54, 1.807) is 25.1 Å². The van der Waals surface area contributed by atoms with Gasteiger partial charge in [0.1, 0.15) is 0 Å². The number of anilines is 1. The van der Waals surface area contributed by atoms with Gasteiger partial charge < -0.3 is 10.1 Å². The van der Waals surface area contributed by atoms with E-state index in [4.69, 9.17) is 27.9 Å². The van der Waals surface area contributed by atoms with Gasteiger partial charge in [-0.3, -0.25) is 4.79 Å². The molecule has 0 spiro atoms. The summed E-state index contributed by atoms with van der Waals surface area (Å²) in [6.07, 6.45) is 0. The summed E-state index contributed by atoms with van der Waals surface area (Å²) in [6, 6.07) is 6.12. The lowest BCUT2D eigenvalue weighted by Crippen LogP contribution is -2.21. The van der Waals surface area contributed by atoms with Crippen LogP contribution in [0.2, 0.25) is 10.0 Å². The molecule has 126 valence electrons. The van der Waals surface area contributed by atoms with E-state index in [2.05, 4.69) is 5.32 Å². The standard InChI is InChI=1S/C16H11Cl2F2NO3/c1-8-4-9(17)2-3-14(8)21-15(22)7-24-16(23)10-5-12(19)13(20)6-11(10)18/h2-6H,7H2,1H3,(H,21,22). The second kappa shape index (κ2) is 7.59. The minimum Gasteiger partial charge on any atom is -0.452 e. The maximum atomic E-state index is 13.2. The third kappa shape index (κ3) is 4.43. The molecular formula is C16H11Cl2F2NO3. The molecule has 0 fully saturated rings. The topological polar surface area (TPSA) is 55.4 Å². The fraction of sp³-hybridized carbons (Fsp3) is 0.125. The Morgan fingerprint density at radius 3 is 2.46 bits per heavy atom. The van der Waals surface area contributed by atoms with E-state index in [9.17, 15) is 18.4 Å². The van der Waals surface area contributed by atoms with Gasteiger partial charge in [-0.05, 0) is 42.8 Å². The molecule has 2 rings (SSSR count). The number of benzene rings is 2. The number of hydrogen-bond acceptors (Lipinski definition) is 3. The number of aryl methyl sites for hydroxylation is 1. The minimum atomic E-state index is -1.24. The average Bonchev–Trinajstić information content (AvgIpc) is 2.51. The molecule has 8 heteroatoms. The number of ether oxygens (including phenoxy) is 1. The van der Waals surface area contributed by atoms with Crippen LogP contribution < -0.4 is 5.32 Å². The van der Waals surface area contributed by atoms with Crippen molar-refractivity contribution in [3.63, 3.8) is 0 Å². The van der Waals surface area contributed by atoms with Crippen molar-refractivity contribution < 1.29 is 23.1 Å². The number of carbonyl (C=O) groups is 2. The molecule has 2 aromatic rings. The molecule has 1 N–H and O–H groups in total. The number of halogens is 4. The van der Waals surface area contributed by atoms with Gasteiger partial charge in [0.2, 0.25) is 0 Å². The van der Waals surface area contributed by atoms with Crippen molar-refractivity contribution in [2.45, 2.75) is 6.92 Å². The van der Waals surface area contributed by atoms with Gasteiger partial charge in [0.25, 0.3) is 5.91 Å². The largest absolute Gasteiger partial charge is 0.452 e. The van der Waals surface area contributed by atoms with Crippen LogP contribution in [0, 0.1) is 18.6 Å². The monoisotopic (exact) mass is 373 g/mol. The van der Waals surface area contributed by atoms with Crippen molar-refractivity contribution in [3.05, 3.63) is 63.1 Å². The van der Waals surface area contributed by atoms with Crippen LogP contribution in [0.3, 0.4) is 0 Å². The van der Waals surface area contributed by atoms with E-state index in [-0.39, 0.29) is 10.6 Å². The Balaban J connectivity index is 1.99. The third-order valence-corrected chi connectivity index (χ3v) is 3.57. The maximum Gasteiger partial charge on any atom is 0.340 e. The molecule has 0 aliphatic heterocycles. The van der Waals surface area contributed by atoms with E-state index < -0.39 is 30.1 Å². The molecule has 0 atom stereocenters. The fourth-order valence-electron chi connectivity index (χ4n) is 1.84. The first-order valence-corrected chi connectivity index (χ1v) is 7.41. The lowest BCUT2D eigenvalue weighted by atomic mass is 10.2.